The van der Waals surface area contributed by atoms with E-state index < -0.39 is 16.1 Å². The first-order valence-corrected chi connectivity index (χ1v) is 10.7. The molecule has 0 saturated carbocycles. The second-order valence-electron chi connectivity index (χ2n) is 7.56. The minimum atomic E-state index is -3.72. The van der Waals surface area contributed by atoms with Gasteiger partial charge in [0, 0.05) is 19.6 Å². The lowest BCUT2D eigenvalue weighted by Gasteiger charge is -2.34. The van der Waals surface area contributed by atoms with Crippen molar-refractivity contribution in [1.82, 2.24) is 9.21 Å². The Morgan fingerprint density at radius 3 is 2.19 bits per heavy atom. The SMILES string of the molecule is Cc1cc(C)c(S(=O)(=O)N2CCCC2C(=O)N2CCC(O)CC2)c(C)c1. The van der Waals surface area contributed by atoms with Crippen LogP contribution in [0.4, 0.5) is 0 Å². The lowest BCUT2D eigenvalue weighted by atomic mass is 10.1. The minimum absolute atomic E-state index is 0.125. The molecule has 3 rings (SSSR count). The Balaban J connectivity index is 1.89. The van der Waals surface area contributed by atoms with Gasteiger partial charge < -0.3 is 10.0 Å². The number of hydrogen-bond acceptors (Lipinski definition) is 4. The third-order valence-corrected chi connectivity index (χ3v) is 7.65. The molecule has 2 heterocycles. The highest BCUT2D eigenvalue weighted by molar-refractivity contribution is 7.89. The first kappa shape index (κ1) is 19.3. The molecular weight excluding hydrogens is 352 g/mol. The van der Waals surface area contributed by atoms with Gasteiger partial charge in [0.1, 0.15) is 6.04 Å². The molecule has 6 nitrogen and oxygen atoms in total. The van der Waals surface area contributed by atoms with Crippen LogP contribution >= 0.6 is 0 Å². The molecule has 1 aromatic carbocycles. The molecule has 2 aliphatic rings. The summed E-state index contributed by atoms with van der Waals surface area (Å²) in [5.41, 5.74) is 2.48. The first-order chi connectivity index (χ1) is 12.2. The summed E-state index contributed by atoms with van der Waals surface area (Å²) < 4.78 is 28.1. The van der Waals surface area contributed by atoms with Crippen LogP contribution in [0.2, 0.25) is 0 Å². The Labute approximate surface area is 155 Å². The standard InChI is InChI=1S/C19H28N2O4S/c1-13-11-14(2)18(15(3)12-13)26(24,25)21-8-4-5-17(21)19(23)20-9-6-16(22)7-10-20/h11-12,16-17,22H,4-10H2,1-3H3. The Morgan fingerprint density at radius 1 is 1.04 bits per heavy atom. The van der Waals surface area contributed by atoms with Crippen LogP contribution in [0.1, 0.15) is 42.4 Å². The number of nitrogens with zero attached hydrogens (tertiary/aromatic N) is 2. The van der Waals surface area contributed by atoms with E-state index in [0.717, 1.165) is 16.7 Å². The van der Waals surface area contributed by atoms with Crippen molar-refractivity contribution in [3.05, 3.63) is 28.8 Å². The molecule has 144 valence electrons. The summed E-state index contributed by atoms with van der Waals surface area (Å²) >= 11 is 0. The van der Waals surface area contributed by atoms with Crippen molar-refractivity contribution >= 4 is 15.9 Å². The number of carbonyl (C=O) groups is 1. The van der Waals surface area contributed by atoms with Gasteiger partial charge in [-0.15, -0.1) is 0 Å². The van der Waals surface area contributed by atoms with Gasteiger partial charge in [0.05, 0.1) is 11.0 Å². The van der Waals surface area contributed by atoms with E-state index in [0.29, 0.717) is 50.2 Å². The van der Waals surface area contributed by atoms with Crippen molar-refractivity contribution < 1.29 is 18.3 Å². The summed E-state index contributed by atoms with van der Waals surface area (Å²) in [6.07, 6.45) is 2.00. The number of rotatable bonds is 3. The van der Waals surface area contributed by atoms with Gasteiger partial charge >= 0.3 is 0 Å². The second kappa shape index (κ2) is 7.29. The monoisotopic (exact) mass is 380 g/mol. The third-order valence-electron chi connectivity index (χ3n) is 5.44. The lowest BCUT2D eigenvalue weighted by Crippen LogP contribution is -2.50. The predicted octanol–water partition coefficient (Wildman–Crippen LogP) is 1.75. The molecule has 26 heavy (non-hydrogen) atoms. The van der Waals surface area contributed by atoms with Gasteiger partial charge in [-0.3, -0.25) is 4.79 Å². The molecule has 0 aromatic heterocycles. The van der Waals surface area contributed by atoms with E-state index in [1.165, 1.54) is 4.31 Å². The van der Waals surface area contributed by atoms with Crippen LogP contribution in [0.15, 0.2) is 17.0 Å². The highest BCUT2D eigenvalue weighted by Crippen LogP contribution is 2.31. The number of hydrogen-bond donors (Lipinski definition) is 1. The van der Waals surface area contributed by atoms with E-state index in [-0.39, 0.29) is 12.0 Å². The fourth-order valence-corrected chi connectivity index (χ4v) is 6.33. The van der Waals surface area contributed by atoms with Crippen molar-refractivity contribution in [2.45, 2.75) is 63.5 Å². The smallest absolute Gasteiger partial charge is 0.244 e. The predicted molar refractivity (Wildman–Crippen MR) is 99.4 cm³/mol. The number of aliphatic hydroxyl groups excluding tert-OH is 1. The maximum Gasteiger partial charge on any atom is 0.244 e. The van der Waals surface area contributed by atoms with Crippen molar-refractivity contribution in [1.29, 1.82) is 0 Å². The number of carbonyl (C=O) groups excluding carboxylic acids is 1. The maximum absolute atomic E-state index is 13.4. The topological polar surface area (TPSA) is 77.9 Å². The summed E-state index contributed by atoms with van der Waals surface area (Å²) in [7, 11) is -3.72. The highest BCUT2D eigenvalue weighted by Gasteiger charge is 2.42. The molecule has 1 atom stereocenters. The largest absolute Gasteiger partial charge is 0.393 e. The molecule has 0 spiro atoms. The highest BCUT2D eigenvalue weighted by atomic mass is 32.2. The molecule has 7 heteroatoms. The molecule has 1 unspecified atom stereocenters. The average molecular weight is 381 g/mol. The molecule has 1 N–H and O–H groups in total. The van der Waals surface area contributed by atoms with E-state index >= 15 is 0 Å². The van der Waals surface area contributed by atoms with Gasteiger partial charge in [0.15, 0.2) is 0 Å². The number of sulfonamides is 1. The van der Waals surface area contributed by atoms with Gasteiger partial charge in [0.2, 0.25) is 15.9 Å². The van der Waals surface area contributed by atoms with Gasteiger partial charge in [-0.2, -0.15) is 4.31 Å². The molecule has 1 amide bonds. The zero-order valence-electron chi connectivity index (χ0n) is 15.7. The van der Waals surface area contributed by atoms with Gasteiger partial charge in [0.25, 0.3) is 0 Å². The first-order valence-electron chi connectivity index (χ1n) is 9.28. The van der Waals surface area contributed by atoms with Crippen LogP contribution in [0.5, 0.6) is 0 Å². The third kappa shape index (κ3) is 3.52. The fraction of sp³-hybridized carbons (Fsp3) is 0.632. The summed E-state index contributed by atoms with van der Waals surface area (Å²) in [5.74, 6) is -0.125. The van der Waals surface area contributed by atoms with Crippen LogP contribution < -0.4 is 0 Å². The van der Waals surface area contributed by atoms with Crippen LogP contribution in [-0.4, -0.2) is 60.4 Å². The summed E-state index contributed by atoms with van der Waals surface area (Å²) in [6.45, 7) is 6.93. The van der Waals surface area contributed by atoms with E-state index in [2.05, 4.69) is 0 Å². The van der Waals surface area contributed by atoms with Gasteiger partial charge in [-0.25, -0.2) is 8.42 Å². The van der Waals surface area contributed by atoms with Crippen LogP contribution in [-0.2, 0) is 14.8 Å². The van der Waals surface area contributed by atoms with E-state index in [9.17, 15) is 18.3 Å². The Bertz CT molecular complexity index is 775. The zero-order valence-corrected chi connectivity index (χ0v) is 16.6. The van der Waals surface area contributed by atoms with Crippen LogP contribution in [0.3, 0.4) is 0 Å². The quantitative estimate of drug-likeness (QED) is 0.867. The zero-order chi connectivity index (χ0) is 19.1. The van der Waals surface area contributed by atoms with Crippen molar-refractivity contribution in [2.24, 2.45) is 0 Å². The number of piperidine rings is 1. The molecular formula is C19H28N2O4S. The van der Waals surface area contributed by atoms with Crippen LogP contribution in [0, 0.1) is 20.8 Å². The maximum atomic E-state index is 13.4. The summed E-state index contributed by atoms with van der Waals surface area (Å²) in [4.78, 5) is 15.0. The Kier molecular flexibility index (Phi) is 5.42. The van der Waals surface area contributed by atoms with Gasteiger partial charge in [-0.1, -0.05) is 17.7 Å². The molecule has 2 saturated heterocycles. The van der Waals surface area contributed by atoms with Gasteiger partial charge in [-0.05, 0) is 57.6 Å². The second-order valence-corrected chi connectivity index (χ2v) is 9.39. The molecule has 0 radical (unpaired) electrons. The molecule has 2 fully saturated rings. The van der Waals surface area contributed by atoms with Crippen LogP contribution in [0.25, 0.3) is 0 Å². The fourth-order valence-electron chi connectivity index (χ4n) is 4.26. The van der Waals surface area contributed by atoms with Crippen molar-refractivity contribution in [3.63, 3.8) is 0 Å². The number of likely N-dealkylation sites (tertiary alicyclic amines) is 1. The number of aliphatic hydroxyl groups is 1. The van der Waals surface area contributed by atoms with Crippen molar-refractivity contribution in [3.8, 4) is 0 Å². The molecule has 1 aromatic rings. The van der Waals surface area contributed by atoms with E-state index in [1.54, 1.807) is 4.90 Å². The van der Waals surface area contributed by atoms with Crippen molar-refractivity contribution in [2.75, 3.05) is 19.6 Å². The molecule has 0 bridgehead atoms. The minimum Gasteiger partial charge on any atom is -0.393 e. The normalized spacial score (nSPS) is 22.8. The summed E-state index contributed by atoms with van der Waals surface area (Å²) in [5, 5.41) is 9.64. The lowest BCUT2D eigenvalue weighted by molar-refractivity contribution is -0.136. The number of benzene rings is 1. The number of amides is 1. The average Bonchev–Trinajstić information content (AvgIpc) is 3.04. The Morgan fingerprint density at radius 2 is 1.62 bits per heavy atom. The summed E-state index contributed by atoms with van der Waals surface area (Å²) in [6, 6.07) is 3.12. The number of aryl methyl sites for hydroxylation is 3. The molecule has 2 aliphatic heterocycles. The Hall–Kier alpha value is -1.44. The van der Waals surface area contributed by atoms with E-state index in [4.69, 9.17) is 0 Å². The van der Waals surface area contributed by atoms with E-state index in [1.807, 2.05) is 32.9 Å². The molecule has 0 aliphatic carbocycles.